The summed E-state index contributed by atoms with van der Waals surface area (Å²) in [6, 6.07) is 33.4. The Morgan fingerprint density at radius 3 is 2.14 bits per heavy atom. The smallest absolute Gasteiger partial charge is 0.339 e. The van der Waals surface area contributed by atoms with E-state index in [2.05, 4.69) is 22.7 Å². The molecule has 37 heavy (non-hydrogen) atoms. The lowest BCUT2D eigenvalue weighted by molar-refractivity contribution is 0.485. The minimum Gasteiger partial charge on any atom is -0.378 e. The maximum Gasteiger partial charge on any atom is 0.339 e. The monoisotopic (exact) mass is 525 g/mol. The van der Waals surface area contributed by atoms with Crippen molar-refractivity contribution in [2.75, 3.05) is 5.43 Å². The molecule has 0 saturated heterocycles. The number of nitrogens with zero attached hydrogens (tertiary/aromatic N) is 2. The number of hydrogen-bond donors (Lipinski definition) is 1. The van der Waals surface area contributed by atoms with Crippen LogP contribution in [0.4, 0.5) is 5.13 Å². The van der Waals surface area contributed by atoms with E-state index in [4.69, 9.17) is 9.17 Å². The van der Waals surface area contributed by atoms with Gasteiger partial charge in [0, 0.05) is 11.1 Å². The molecular formula is C29H23N3O3S2. The minimum atomic E-state index is -3.99. The number of anilines is 1. The molecule has 5 rings (SSSR count). The van der Waals surface area contributed by atoms with Gasteiger partial charge in [-0.3, -0.25) is 5.43 Å². The van der Waals surface area contributed by atoms with Crippen LogP contribution in [-0.2, 0) is 10.1 Å². The lowest BCUT2D eigenvalue weighted by atomic mass is 10.1. The quantitative estimate of drug-likeness (QED) is 0.134. The van der Waals surface area contributed by atoms with Crippen LogP contribution in [0.15, 0.2) is 119 Å². The van der Waals surface area contributed by atoms with Crippen LogP contribution in [0.5, 0.6) is 5.75 Å². The van der Waals surface area contributed by atoms with Crippen LogP contribution in [0, 0.1) is 6.92 Å². The molecule has 0 unspecified atom stereocenters. The highest BCUT2D eigenvalue weighted by Gasteiger charge is 2.18. The van der Waals surface area contributed by atoms with Gasteiger partial charge in [0.1, 0.15) is 4.90 Å². The van der Waals surface area contributed by atoms with Crippen molar-refractivity contribution in [2.45, 2.75) is 11.8 Å². The van der Waals surface area contributed by atoms with Crippen LogP contribution in [-0.4, -0.2) is 19.6 Å². The van der Waals surface area contributed by atoms with E-state index in [1.54, 1.807) is 36.4 Å². The van der Waals surface area contributed by atoms with Crippen LogP contribution in [0.3, 0.4) is 0 Å². The Hall–Kier alpha value is -4.27. The predicted molar refractivity (Wildman–Crippen MR) is 150 cm³/mol. The van der Waals surface area contributed by atoms with Crippen LogP contribution in [0.2, 0.25) is 0 Å². The van der Waals surface area contributed by atoms with Crippen molar-refractivity contribution in [1.82, 2.24) is 4.98 Å². The highest BCUT2D eigenvalue weighted by Crippen LogP contribution is 2.38. The average molecular weight is 526 g/mol. The molecule has 0 aliphatic heterocycles. The van der Waals surface area contributed by atoms with Crippen molar-refractivity contribution in [3.8, 4) is 27.4 Å². The van der Waals surface area contributed by atoms with E-state index < -0.39 is 10.1 Å². The summed E-state index contributed by atoms with van der Waals surface area (Å²) in [5.41, 5.74) is 7.40. The number of nitrogens with one attached hydrogen (secondary N) is 1. The number of para-hydroxylation sites is 1. The fourth-order valence-electron chi connectivity index (χ4n) is 3.64. The van der Waals surface area contributed by atoms with E-state index >= 15 is 0 Å². The van der Waals surface area contributed by atoms with Crippen molar-refractivity contribution < 1.29 is 12.6 Å². The molecule has 0 aliphatic carbocycles. The molecule has 0 spiro atoms. The second kappa shape index (κ2) is 10.8. The number of thiazole rings is 1. The van der Waals surface area contributed by atoms with Gasteiger partial charge < -0.3 is 4.18 Å². The number of hydrogen-bond acceptors (Lipinski definition) is 7. The van der Waals surface area contributed by atoms with Gasteiger partial charge in [-0.2, -0.15) is 13.5 Å². The largest absolute Gasteiger partial charge is 0.378 e. The molecular weight excluding hydrogens is 502 g/mol. The Morgan fingerprint density at radius 1 is 0.811 bits per heavy atom. The van der Waals surface area contributed by atoms with Crippen molar-refractivity contribution in [3.05, 3.63) is 120 Å². The number of aromatic nitrogens is 1. The Morgan fingerprint density at radius 2 is 1.43 bits per heavy atom. The van der Waals surface area contributed by atoms with Crippen LogP contribution in [0.1, 0.15) is 11.1 Å². The fraction of sp³-hybridized carbons (Fsp3) is 0.0345. The predicted octanol–water partition coefficient (Wildman–Crippen LogP) is 7.00. The Kier molecular flexibility index (Phi) is 7.11. The molecule has 0 saturated carbocycles. The molecule has 5 aromatic rings. The van der Waals surface area contributed by atoms with Crippen LogP contribution in [0.25, 0.3) is 21.7 Å². The van der Waals surface area contributed by atoms with E-state index in [0.717, 1.165) is 27.3 Å². The molecule has 0 amide bonds. The summed E-state index contributed by atoms with van der Waals surface area (Å²) in [6.07, 6.45) is 1.52. The van der Waals surface area contributed by atoms with E-state index in [-0.39, 0.29) is 10.6 Å². The molecule has 0 radical (unpaired) electrons. The SMILES string of the molecule is Cc1ccc(S(=O)(=O)Oc2ccccc2/C=N\Nc2nc(-c3ccccc3)c(-c3ccccc3)s2)cc1. The zero-order valence-corrected chi connectivity index (χ0v) is 21.5. The third-order valence-corrected chi connectivity index (χ3v) is 7.76. The lowest BCUT2D eigenvalue weighted by Gasteiger charge is -2.09. The molecule has 1 N–H and O–H groups in total. The minimum absolute atomic E-state index is 0.0904. The van der Waals surface area contributed by atoms with Crippen molar-refractivity contribution in [3.63, 3.8) is 0 Å². The molecule has 184 valence electrons. The highest BCUT2D eigenvalue weighted by molar-refractivity contribution is 7.87. The van der Waals surface area contributed by atoms with Crippen molar-refractivity contribution in [1.29, 1.82) is 0 Å². The Labute approximate surface area is 220 Å². The summed E-state index contributed by atoms with van der Waals surface area (Å²) in [7, 11) is -3.99. The molecule has 0 bridgehead atoms. The van der Waals surface area contributed by atoms with Crippen molar-refractivity contribution >= 4 is 32.8 Å². The van der Waals surface area contributed by atoms with Gasteiger partial charge in [0.2, 0.25) is 5.13 Å². The topological polar surface area (TPSA) is 80.7 Å². The first-order chi connectivity index (χ1) is 18.0. The third-order valence-electron chi connectivity index (χ3n) is 5.50. The number of hydrazone groups is 1. The molecule has 1 aromatic heterocycles. The van der Waals surface area contributed by atoms with Gasteiger partial charge >= 0.3 is 10.1 Å². The summed E-state index contributed by atoms with van der Waals surface area (Å²) in [5.74, 6) is 0.183. The number of benzene rings is 4. The van der Waals surface area contributed by atoms with E-state index in [1.165, 1.54) is 29.7 Å². The van der Waals surface area contributed by atoms with Gasteiger partial charge in [0.25, 0.3) is 0 Å². The van der Waals surface area contributed by atoms with Gasteiger partial charge in [-0.05, 0) is 36.8 Å². The second-order valence-corrected chi connectivity index (χ2v) is 10.7. The highest BCUT2D eigenvalue weighted by atomic mass is 32.2. The summed E-state index contributed by atoms with van der Waals surface area (Å²) >= 11 is 1.49. The van der Waals surface area contributed by atoms with E-state index in [0.29, 0.717) is 10.7 Å². The van der Waals surface area contributed by atoms with Gasteiger partial charge in [0.15, 0.2) is 5.75 Å². The molecule has 6 nitrogen and oxygen atoms in total. The number of aryl methyl sites for hydroxylation is 1. The average Bonchev–Trinajstić information content (AvgIpc) is 3.35. The maximum atomic E-state index is 12.8. The summed E-state index contributed by atoms with van der Waals surface area (Å²) < 4.78 is 31.0. The summed E-state index contributed by atoms with van der Waals surface area (Å²) in [6.45, 7) is 1.89. The van der Waals surface area contributed by atoms with Gasteiger partial charge in [-0.1, -0.05) is 102 Å². The summed E-state index contributed by atoms with van der Waals surface area (Å²) in [5, 5.41) is 4.94. The number of rotatable bonds is 8. The molecule has 0 atom stereocenters. The van der Waals surface area contributed by atoms with Gasteiger partial charge in [-0.25, -0.2) is 4.98 Å². The second-order valence-electron chi connectivity index (χ2n) is 8.19. The zero-order chi connectivity index (χ0) is 25.7. The first-order valence-corrected chi connectivity index (χ1v) is 13.7. The van der Waals surface area contributed by atoms with E-state index in [1.807, 2.05) is 55.5 Å². The summed E-state index contributed by atoms with van der Waals surface area (Å²) in [4.78, 5) is 5.90. The van der Waals surface area contributed by atoms with Crippen LogP contribution < -0.4 is 9.61 Å². The van der Waals surface area contributed by atoms with Crippen molar-refractivity contribution in [2.24, 2.45) is 5.10 Å². The zero-order valence-electron chi connectivity index (χ0n) is 19.9. The molecule has 0 fully saturated rings. The first-order valence-electron chi connectivity index (χ1n) is 11.5. The normalized spacial score (nSPS) is 11.5. The molecule has 0 aliphatic rings. The standard InChI is InChI=1S/C29H23N3O3S2/c1-21-16-18-25(19-17-21)37(33,34)35-26-15-9-8-14-24(26)20-30-32-29-31-27(22-10-4-2-5-11-22)28(36-29)23-12-6-3-7-13-23/h2-20H,1H3,(H,31,32)/b30-20-. The molecule has 4 aromatic carbocycles. The fourth-order valence-corrected chi connectivity index (χ4v) is 5.53. The van der Waals surface area contributed by atoms with Gasteiger partial charge in [-0.15, -0.1) is 0 Å². The first kappa shape index (κ1) is 24.4. The Balaban J connectivity index is 1.39. The van der Waals surface area contributed by atoms with Gasteiger partial charge in [0.05, 0.1) is 16.8 Å². The Bertz CT molecular complexity index is 1570. The van der Waals surface area contributed by atoms with E-state index in [9.17, 15) is 8.42 Å². The van der Waals surface area contributed by atoms with Crippen LogP contribution >= 0.6 is 11.3 Å². The lowest BCUT2D eigenvalue weighted by Crippen LogP contribution is -2.11. The third kappa shape index (κ3) is 5.77. The molecule has 1 heterocycles. The maximum absolute atomic E-state index is 12.8. The molecule has 8 heteroatoms.